The number of anilines is 1. The van der Waals surface area contributed by atoms with Gasteiger partial charge in [0.05, 0.1) is 32.0 Å². The number of aromatic amines is 1. The van der Waals surface area contributed by atoms with Crippen molar-refractivity contribution < 1.29 is 56.1 Å². The minimum Gasteiger partial charge on any atom is -0.493 e. The molecule has 8 rings (SSSR count). The van der Waals surface area contributed by atoms with Crippen LogP contribution in [0.25, 0.3) is 32.8 Å². The molecule has 4 N–H and O–H groups in total. The summed E-state index contributed by atoms with van der Waals surface area (Å²) >= 11 is 6.46. The molecule has 3 atom stereocenters. The van der Waals surface area contributed by atoms with E-state index >= 15 is 0 Å². The highest BCUT2D eigenvalue weighted by Crippen LogP contribution is 2.61. The Kier molecular flexibility index (Phi) is 11.4. The van der Waals surface area contributed by atoms with Crippen molar-refractivity contribution in [3.05, 3.63) is 119 Å². The maximum Gasteiger partial charge on any atom is 0.536 e. The average molecular weight is 876 g/mol. The number of phosphoric acid groups is 2. The fraction of sp³-hybridized carbons (Fsp3) is 0.238. The van der Waals surface area contributed by atoms with Crippen LogP contribution >= 0.6 is 27.2 Å². The van der Waals surface area contributed by atoms with Crippen LogP contribution in [0.1, 0.15) is 44.6 Å². The smallest absolute Gasteiger partial charge is 0.493 e. The van der Waals surface area contributed by atoms with Gasteiger partial charge in [0.15, 0.2) is 11.5 Å². The molecule has 60 heavy (non-hydrogen) atoms. The number of alkyl carbamates (subject to hydrolysis) is 1. The van der Waals surface area contributed by atoms with Crippen molar-refractivity contribution in [2.75, 3.05) is 51.3 Å². The number of aromatic nitrogens is 1. The number of amides is 2. The van der Waals surface area contributed by atoms with E-state index < -0.39 is 34.3 Å². The van der Waals surface area contributed by atoms with Crippen LogP contribution in [0.2, 0.25) is 0 Å². The number of fused-ring (bicyclic) bond motifs is 7. The third-order valence-corrected chi connectivity index (χ3v) is 13.6. The molecule has 18 heteroatoms. The SMILES string of the molecule is COc1cc2cc(C(=O)N3C[C@@H](CCl)c4c3cc(OP(=O)(O)OP(=O)(O)OCCNC(=O)OCC3c5ccccc5-c5ccccc53)c3ccccc43)[nH]c2c(C)c1OC. The number of benzene rings is 5. The standard InChI is InChI=1S/C42H40ClN3O12P2/c1-24-39-25(19-37(53-2)40(24)54-3)18-34(45-39)41(47)46-22-26(21-43)38-32-15-9-8-14-31(32)36(20-35(38)46)57-60(51,52)58-59(49,50)56-17-16-44-42(48)55-23-33-29-12-6-4-10-27(29)28-11-5-7-13-30(28)33/h4-15,18-20,26,33,45H,16-17,21-23H2,1-3H3,(H,44,48)(H,49,50)(H,51,52)/t26-/m1/s1. The quantitative estimate of drug-likeness (QED) is 0.0462. The van der Waals surface area contributed by atoms with Crippen LogP contribution < -0.4 is 24.2 Å². The zero-order chi connectivity index (χ0) is 42.3. The summed E-state index contributed by atoms with van der Waals surface area (Å²) in [5, 5.41) is 4.09. The molecular formula is C42H40ClN3O12P2. The molecule has 0 saturated carbocycles. The first-order valence-corrected chi connectivity index (χ1v) is 22.3. The van der Waals surface area contributed by atoms with Crippen LogP contribution in [0.15, 0.2) is 91.0 Å². The van der Waals surface area contributed by atoms with Gasteiger partial charge in [0.1, 0.15) is 18.1 Å². The predicted octanol–water partition coefficient (Wildman–Crippen LogP) is 8.78. The number of halogens is 1. The number of hydrogen-bond acceptors (Lipinski definition) is 10. The summed E-state index contributed by atoms with van der Waals surface area (Å²) in [5.74, 6) is 0.0681. The number of carbonyl (C=O) groups is 2. The van der Waals surface area contributed by atoms with Crippen LogP contribution in [0.4, 0.5) is 10.5 Å². The second-order valence-electron chi connectivity index (χ2n) is 14.2. The van der Waals surface area contributed by atoms with E-state index in [1.807, 2.05) is 55.5 Å². The van der Waals surface area contributed by atoms with Gasteiger partial charge in [-0.3, -0.25) is 14.2 Å². The molecule has 15 nitrogen and oxygen atoms in total. The van der Waals surface area contributed by atoms with Gasteiger partial charge in [0.2, 0.25) is 0 Å². The van der Waals surface area contributed by atoms with Gasteiger partial charge < -0.3 is 38.8 Å². The lowest BCUT2D eigenvalue weighted by Crippen LogP contribution is -2.30. The number of rotatable bonds is 14. The molecule has 2 amide bonds. The number of phosphoric ester groups is 2. The molecule has 0 radical (unpaired) electrons. The Balaban J connectivity index is 0.939. The molecule has 5 aromatic carbocycles. The van der Waals surface area contributed by atoms with Crippen molar-refractivity contribution in [2.45, 2.75) is 18.8 Å². The van der Waals surface area contributed by atoms with Gasteiger partial charge in [-0.25, -0.2) is 13.9 Å². The largest absolute Gasteiger partial charge is 0.536 e. The fourth-order valence-electron chi connectivity index (χ4n) is 8.13. The van der Waals surface area contributed by atoms with E-state index in [0.29, 0.717) is 44.4 Å². The summed E-state index contributed by atoms with van der Waals surface area (Å²) in [4.78, 5) is 52.7. The maximum absolute atomic E-state index is 14.2. The number of carbonyl (C=O) groups excluding carboxylic acids is 2. The highest BCUT2D eigenvalue weighted by atomic mass is 35.5. The van der Waals surface area contributed by atoms with Crippen LogP contribution in [-0.2, 0) is 22.7 Å². The summed E-state index contributed by atoms with van der Waals surface area (Å²) in [7, 11) is -7.57. The zero-order valence-corrected chi connectivity index (χ0v) is 35.1. The molecule has 2 aliphatic rings. The number of H-pyrrole nitrogens is 1. The van der Waals surface area contributed by atoms with Crippen LogP contribution in [0.3, 0.4) is 0 Å². The van der Waals surface area contributed by atoms with Crippen molar-refractivity contribution in [1.29, 1.82) is 0 Å². The molecule has 0 spiro atoms. The molecule has 312 valence electrons. The number of methoxy groups -OCH3 is 2. The van der Waals surface area contributed by atoms with E-state index in [9.17, 15) is 28.5 Å². The lowest BCUT2D eigenvalue weighted by Gasteiger charge is -2.21. The van der Waals surface area contributed by atoms with E-state index in [0.717, 1.165) is 27.8 Å². The maximum atomic E-state index is 14.2. The van der Waals surface area contributed by atoms with Crippen LogP contribution in [0, 0.1) is 6.92 Å². The fourth-order valence-corrected chi connectivity index (χ4v) is 10.5. The highest BCUT2D eigenvalue weighted by Gasteiger charge is 2.40. The molecule has 1 aliphatic heterocycles. The second kappa shape index (κ2) is 16.6. The third-order valence-electron chi connectivity index (χ3n) is 10.7. The Labute approximate surface area is 349 Å². The monoisotopic (exact) mass is 875 g/mol. The Bertz CT molecular complexity index is 2720. The number of ether oxygens (including phenoxy) is 3. The van der Waals surface area contributed by atoms with Gasteiger partial charge in [-0.15, -0.1) is 11.6 Å². The molecule has 2 unspecified atom stereocenters. The molecule has 0 bridgehead atoms. The van der Waals surface area contributed by atoms with Crippen molar-refractivity contribution in [2.24, 2.45) is 0 Å². The van der Waals surface area contributed by atoms with E-state index in [2.05, 4.69) is 14.6 Å². The molecule has 6 aromatic rings. The lowest BCUT2D eigenvalue weighted by molar-refractivity contribution is 0.0984. The van der Waals surface area contributed by atoms with Crippen LogP contribution in [-0.4, -0.2) is 73.2 Å². The number of nitrogens with zero attached hydrogens (tertiary/aromatic N) is 1. The first-order chi connectivity index (χ1) is 28.8. The molecular weight excluding hydrogens is 836 g/mol. The lowest BCUT2D eigenvalue weighted by atomic mass is 9.95. The number of aryl methyl sites for hydroxylation is 1. The van der Waals surface area contributed by atoms with Gasteiger partial charge in [-0.2, -0.15) is 4.31 Å². The van der Waals surface area contributed by atoms with Crippen molar-refractivity contribution >= 4 is 66.6 Å². The average Bonchev–Trinajstić information content (AvgIpc) is 3.93. The van der Waals surface area contributed by atoms with Gasteiger partial charge in [-0.1, -0.05) is 72.8 Å². The Hall–Kier alpha value is -5.37. The van der Waals surface area contributed by atoms with Crippen molar-refractivity contribution in [3.63, 3.8) is 0 Å². The summed E-state index contributed by atoms with van der Waals surface area (Å²) in [5.41, 5.74) is 6.94. The molecule has 0 saturated heterocycles. The minimum absolute atomic E-state index is 0.0528. The minimum atomic E-state index is -5.38. The predicted molar refractivity (Wildman–Crippen MR) is 226 cm³/mol. The summed E-state index contributed by atoms with van der Waals surface area (Å²) < 4.78 is 57.7. The number of hydrogen-bond donors (Lipinski definition) is 4. The van der Waals surface area contributed by atoms with Crippen molar-refractivity contribution in [3.8, 4) is 28.4 Å². The molecule has 1 aliphatic carbocycles. The van der Waals surface area contributed by atoms with Gasteiger partial charge in [0, 0.05) is 53.2 Å². The normalized spacial score (nSPS) is 16.4. The van der Waals surface area contributed by atoms with E-state index in [-0.39, 0.29) is 48.9 Å². The summed E-state index contributed by atoms with van der Waals surface area (Å²) in [6.07, 6.45) is -0.794. The van der Waals surface area contributed by atoms with Gasteiger partial charge in [-0.05, 0) is 52.3 Å². The Morgan fingerprint density at radius 1 is 0.883 bits per heavy atom. The summed E-state index contributed by atoms with van der Waals surface area (Å²) in [6, 6.07) is 27.4. The first kappa shape index (κ1) is 41.4. The Morgan fingerprint density at radius 2 is 1.55 bits per heavy atom. The highest BCUT2D eigenvalue weighted by molar-refractivity contribution is 7.61. The number of nitrogens with one attached hydrogen (secondary N) is 2. The van der Waals surface area contributed by atoms with Crippen molar-refractivity contribution in [1.82, 2.24) is 10.3 Å². The third kappa shape index (κ3) is 7.86. The molecule has 1 aromatic heterocycles. The molecule has 2 heterocycles. The van der Waals surface area contributed by atoms with E-state index in [1.54, 1.807) is 36.4 Å². The van der Waals surface area contributed by atoms with Crippen LogP contribution in [0.5, 0.6) is 17.2 Å². The van der Waals surface area contributed by atoms with E-state index in [4.69, 9.17) is 34.9 Å². The topological polar surface area (TPSA) is 195 Å². The number of alkyl halides is 1. The van der Waals surface area contributed by atoms with E-state index in [1.165, 1.54) is 25.2 Å². The zero-order valence-electron chi connectivity index (χ0n) is 32.5. The Morgan fingerprint density at radius 3 is 2.22 bits per heavy atom. The first-order valence-electron chi connectivity index (χ1n) is 18.8. The summed E-state index contributed by atoms with van der Waals surface area (Å²) in [6.45, 7) is 1.21. The van der Waals surface area contributed by atoms with Gasteiger partial charge in [0.25, 0.3) is 5.91 Å². The molecule has 0 fully saturated rings. The van der Waals surface area contributed by atoms with Gasteiger partial charge >= 0.3 is 21.7 Å². The second-order valence-corrected chi connectivity index (χ2v) is 17.5.